The quantitative estimate of drug-likeness (QED) is 0.425. The Morgan fingerprint density at radius 1 is 1.50 bits per heavy atom. The highest BCUT2D eigenvalue weighted by molar-refractivity contribution is 4.66. The maximum atomic E-state index is 4.32. The van der Waals surface area contributed by atoms with Crippen LogP contribution < -0.4 is 0 Å². The predicted octanol–water partition coefficient (Wildman–Crippen LogP) is 0.351. The lowest BCUT2D eigenvalue weighted by Crippen LogP contribution is -1.69. The molecule has 6 heavy (non-hydrogen) atoms. The summed E-state index contributed by atoms with van der Waals surface area (Å²) in [4.78, 5) is 0. The van der Waals surface area contributed by atoms with E-state index < -0.39 is 0 Å². The minimum atomic E-state index is 1.45. The number of hydrogen-bond donors (Lipinski definition) is 0. The maximum absolute atomic E-state index is 4.32. The highest BCUT2D eigenvalue weighted by Crippen LogP contribution is 1.68. The van der Waals surface area contributed by atoms with Gasteiger partial charge in [0.25, 0.3) is 5.27 Å². The van der Waals surface area contributed by atoms with Crippen LogP contribution in [0.4, 0.5) is 0 Å². The van der Waals surface area contributed by atoms with E-state index in [0.29, 0.717) is 0 Å². The average Bonchev–Trinajstić information content (AvgIpc) is 1.72. The Morgan fingerprint density at radius 3 is 2.67 bits per heavy atom. The molecule has 0 N–H and O–H groups in total. The summed E-state index contributed by atoms with van der Waals surface area (Å²) in [5.41, 5.74) is 0. The molecular weight excluding hydrogens is 80.0 g/mol. The lowest BCUT2D eigenvalue weighted by Gasteiger charge is -1.53. The first-order valence-electron chi connectivity index (χ1n) is 1.54. The molecule has 3 nitrogen and oxygen atoms in total. The van der Waals surface area contributed by atoms with Gasteiger partial charge < -0.3 is 0 Å². The van der Waals surface area contributed by atoms with Gasteiger partial charge in [0.2, 0.25) is 0 Å². The monoisotopic (exact) mass is 83.0 g/mol. The summed E-state index contributed by atoms with van der Waals surface area (Å²) in [6.45, 7) is 0. The van der Waals surface area contributed by atoms with Gasteiger partial charge in [0.1, 0.15) is 0 Å². The normalized spacial score (nSPS) is 8.00. The molecule has 0 aromatic carbocycles. The largest absolute Gasteiger partial charge is 0.369 e. The van der Waals surface area contributed by atoms with Crippen LogP contribution in [0, 0.1) is 0 Å². The van der Waals surface area contributed by atoms with Crippen LogP contribution in [-0.2, 0) is 0 Å². The third-order valence-electron chi connectivity index (χ3n) is 0.386. The van der Waals surface area contributed by atoms with E-state index in [2.05, 4.69) is 14.9 Å². The van der Waals surface area contributed by atoms with E-state index in [1.165, 1.54) is 6.26 Å². The van der Waals surface area contributed by atoms with Crippen molar-refractivity contribution in [2.24, 2.45) is 0 Å². The SMILES string of the molecule is c1cnn[o+]c1. The molecule has 0 saturated heterocycles. The molecule has 0 radical (unpaired) electrons. The van der Waals surface area contributed by atoms with Gasteiger partial charge in [0.05, 0.1) is 12.3 Å². The molecule has 0 aliphatic carbocycles. The standard InChI is InChI=1S/C3H3N2O/c1-2-4-5-6-3-1/h1-3H/q+1. The van der Waals surface area contributed by atoms with Gasteiger partial charge in [-0.2, -0.15) is 0 Å². The Kier molecular flexibility index (Phi) is 0.774. The molecule has 0 atom stereocenters. The van der Waals surface area contributed by atoms with E-state index in [9.17, 15) is 0 Å². The van der Waals surface area contributed by atoms with Crippen molar-refractivity contribution in [1.82, 2.24) is 10.4 Å². The van der Waals surface area contributed by atoms with Crippen molar-refractivity contribution in [2.75, 3.05) is 0 Å². The average molecular weight is 83.1 g/mol. The van der Waals surface area contributed by atoms with Crippen molar-refractivity contribution in [3.8, 4) is 0 Å². The summed E-state index contributed by atoms with van der Waals surface area (Å²) in [5, 5.41) is 6.53. The molecule has 1 aromatic heterocycles. The molecule has 0 bridgehead atoms. The van der Waals surface area contributed by atoms with Gasteiger partial charge in [-0.3, -0.25) is 0 Å². The molecule has 0 amide bonds. The molecule has 1 aromatic rings. The van der Waals surface area contributed by atoms with Gasteiger partial charge in [0, 0.05) is 0 Å². The third-order valence-corrected chi connectivity index (χ3v) is 0.386. The number of hydrogen-bond acceptors (Lipinski definition) is 2. The minimum absolute atomic E-state index is 1.45. The molecular formula is C3H3N2O+. The Balaban J connectivity index is 3.00. The molecule has 0 saturated carbocycles. The highest BCUT2D eigenvalue weighted by Gasteiger charge is 1.76. The minimum Gasteiger partial charge on any atom is -0.0695 e. The predicted molar refractivity (Wildman–Crippen MR) is 18.7 cm³/mol. The molecule has 1 rings (SSSR count). The van der Waals surface area contributed by atoms with E-state index in [1.807, 2.05) is 0 Å². The van der Waals surface area contributed by atoms with Gasteiger partial charge in [-0.25, -0.2) is 0 Å². The van der Waals surface area contributed by atoms with Gasteiger partial charge in [0.15, 0.2) is 0 Å². The Morgan fingerprint density at radius 2 is 2.50 bits per heavy atom. The van der Waals surface area contributed by atoms with Crippen LogP contribution in [0.15, 0.2) is 23.0 Å². The molecule has 0 aliphatic rings. The summed E-state index contributed by atoms with van der Waals surface area (Å²) in [6.07, 6.45) is 3.00. The van der Waals surface area contributed by atoms with E-state index in [0.717, 1.165) is 0 Å². The van der Waals surface area contributed by atoms with Crippen LogP contribution in [0.2, 0.25) is 0 Å². The van der Waals surface area contributed by atoms with Crippen molar-refractivity contribution in [3.63, 3.8) is 0 Å². The van der Waals surface area contributed by atoms with Crippen LogP contribution in [0.1, 0.15) is 0 Å². The van der Waals surface area contributed by atoms with Crippen molar-refractivity contribution >= 4 is 0 Å². The van der Waals surface area contributed by atoms with E-state index in [1.54, 1.807) is 12.3 Å². The van der Waals surface area contributed by atoms with Crippen LogP contribution >= 0.6 is 0 Å². The molecule has 0 aliphatic heterocycles. The second-order valence-electron chi connectivity index (χ2n) is 0.780. The van der Waals surface area contributed by atoms with E-state index >= 15 is 0 Å². The zero-order valence-electron chi connectivity index (χ0n) is 3.03. The zero-order valence-corrected chi connectivity index (χ0v) is 3.03. The number of nitrogens with zero attached hydrogens (tertiary/aromatic N) is 2. The summed E-state index contributed by atoms with van der Waals surface area (Å²) >= 11 is 0. The summed E-state index contributed by atoms with van der Waals surface area (Å²) < 4.78 is 4.32. The second-order valence-corrected chi connectivity index (χ2v) is 0.780. The molecule has 3 heteroatoms. The molecule has 0 spiro atoms. The van der Waals surface area contributed by atoms with Crippen LogP contribution in [0.5, 0.6) is 0 Å². The first-order valence-corrected chi connectivity index (χ1v) is 1.54. The van der Waals surface area contributed by atoms with Gasteiger partial charge in [-0.05, 0) is 0 Å². The maximum Gasteiger partial charge on any atom is 0.369 e. The first kappa shape index (κ1) is 3.21. The second kappa shape index (κ2) is 1.45. The molecule has 0 unspecified atom stereocenters. The van der Waals surface area contributed by atoms with Crippen molar-refractivity contribution in [2.45, 2.75) is 0 Å². The van der Waals surface area contributed by atoms with E-state index in [4.69, 9.17) is 0 Å². The fourth-order valence-corrected chi connectivity index (χ4v) is 0.190. The van der Waals surface area contributed by atoms with E-state index in [-0.39, 0.29) is 0 Å². The van der Waals surface area contributed by atoms with Gasteiger partial charge in [-0.15, -0.1) is 0 Å². The fraction of sp³-hybridized carbons (Fsp3) is 0. The number of rotatable bonds is 0. The Hall–Kier alpha value is -0.990. The fourth-order valence-electron chi connectivity index (χ4n) is 0.190. The van der Waals surface area contributed by atoms with Crippen molar-refractivity contribution in [3.05, 3.63) is 18.5 Å². The summed E-state index contributed by atoms with van der Waals surface area (Å²) in [7, 11) is 0. The lowest BCUT2D eigenvalue weighted by atomic mass is 10.8. The Labute approximate surface area is 34.6 Å². The van der Waals surface area contributed by atoms with Crippen molar-refractivity contribution < 1.29 is 4.52 Å². The topological polar surface area (TPSA) is 37.1 Å². The third kappa shape index (κ3) is 0.484. The molecule has 1 heterocycles. The lowest BCUT2D eigenvalue weighted by molar-refractivity contribution is 0.359. The first-order chi connectivity index (χ1) is 3.00. The smallest absolute Gasteiger partial charge is 0.0695 e. The Bertz CT molecular complexity index is 80.7. The summed E-state index contributed by atoms with van der Waals surface area (Å²) in [6, 6.07) is 1.66. The van der Waals surface area contributed by atoms with Crippen LogP contribution in [-0.4, -0.2) is 10.4 Å². The van der Waals surface area contributed by atoms with Gasteiger partial charge >= 0.3 is 6.26 Å². The zero-order chi connectivity index (χ0) is 4.24. The van der Waals surface area contributed by atoms with Crippen molar-refractivity contribution in [1.29, 1.82) is 0 Å². The highest BCUT2D eigenvalue weighted by atomic mass is 16.5. The van der Waals surface area contributed by atoms with Gasteiger partial charge in [-0.1, -0.05) is 9.62 Å². The van der Waals surface area contributed by atoms with Crippen LogP contribution in [0.25, 0.3) is 0 Å². The summed E-state index contributed by atoms with van der Waals surface area (Å²) in [5.74, 6) is 0. The molecule has 0 fully saturated rings. The number of aromatic nitrogens is 2. The van der Waals surface area contributed by atoms with Crippen LogP contribution in [0.3, 0.4) is 0 Å². The molecule has 30 valence electrons.